The predicted octanol–water partition coefficient (Wildman–Crippen LogP) is 4.71. The zero-order chi connectivity index (χ0) is 18.5. The summed E-state index contributed by atoms with van der Waals surface area (Å²) in [6, 6.07) is 16.1. The number of aromatic nitrogens is 2. The summed E-state index contributed by atoms with van der Waals surface area (Å²) in [5, 5.41) is 6.94. The zero-order valence-electron chi connectivity index (χ0n) is 14.3. The van der Waals surface area contributed by atoms with Crippen LogP contribution < -0.4 is 10.6 Å². The number of nitrogens with zero attached hydrogens (tertiary/aromatic N) is 2. The standard InChI is InChI=1S/C19H17ClN4O2/c1-12-9-17(22-16-8-4-6-14(20)11-16)24-19(21-12)23-15-7-3-5-13(10-15)18(25)26-2/h3-11H,1-2H3,(H2,21,22,23,24). The van der Waals surface area contributed by atoms with Crippen molar-refractivity contribution in [3.8, 4) is 0 Å². The van der Waals surface area contributed by atoms with E-state index in [1.165, 1.54) is 7.11 Å². The lowest BCUT2D eigenvalue weighted by Crippen LogP contribution is -2.04. The van der Waals surface area contributed by atoms with Crippen LogP contribution in [0.4, 0.5) is 23.1 Å². The summed E-state index contributed by atoms with van der Waals surface area (Å²) >= 11 is 6.01. The third kappa shape index (κ3) is 4.49. The SMILES string of the molecule is COC(=O)c1cccc(Nc2nc(C)cc(Nc3cccc(Cl)c3)n2)c1. The number of hydrogen-bond acceptors (Lipinski definition) is 6. The number of methoxy groups -OCH3 is 1. The van der Waals surface area contributed by atoms with Gasteiger partial charge in [-0.05, 0) is 43.3 Å². The summed E-state index contributed by atoms with van der Waals surface area (Å²) in [6.45, 7) is 1.88. The van der Waals surface area contributed by atoms with E-state index in [0.717, 1.165) is 11.4 Å². The van der Waals surface area contributed by atoms with Crippen LogP contribution in [0.25, 0.3) is 0 Å². The minimum atomic E-state index is -0.401. The smallest absolute Gasteiger partial charge is 0.337 e. The van der Waals surface area contributed by atoms with Crippen molar-refractivity contribution in [1.29, 1.82) is 0 Å². The summed E-state index contributed by atoms with van der Waals surface area (Å²) < 4.78 is 4.74. The van der Waals surface area contributed by atoms with Gasteiger partial charge in [0.15, 0.2) is 0 Å². The molecule has 0 aliphatic carbocycles. The van der Waals surface area contributed by atoms with Crippen LogP contribution >= 0.6 is 11.6 Å². The molecule has 6 nitrogen and oxygen atoms in total. The molecule has 3 rings (SSSR count). The van der Waals surface area contributed by atoms with Gasteiger partial charge >= 0.3 is 5.97 Å². The molecule has 0 saturated heterocycles. The van der Waals surface area contributed by atoms with Crippen molar-refractivity contribution in [3.05, 3.63) is 70.9 Å². The molecule has 0 aliphatic heterocycles. The fourth-order valence-electron chi connectivity index (χ4n) is 2.37. The molecule has 1 heterocycles. The maximum Gasteiger partial charge on any atom is 0.337 e. The Morgan fingerprint density at radius 1 is 1.00 bits per heavy atom. The maximum atomic E-state index is 11.7. The molecule has 132 valence electrons. The molecule has 2 aromatic carbocycles. The molecule has 0 saturated carbocycles. The molecule has 0 radical (unpaired) electrons. The molecule has 0 atom stereocenters. The highest BCUT2D eigenvalue weighted by atomic mass is 35.5. The van der Waals surface area contributed by atoms with Crippen LogP contribution in [0, 0.1) is 6.92 Å². The van der Waals surface area contributed by atoms with Crippen molar-refractivity contribution in [2.75, 3.05) is 17.7 Å². The van der Waals surface area contributed by atoms with E-state index in [2.05, 4.69) is 20.6 Å². The van der Waals surface area contributed by atoms with Crippen molar-refractivity contribution in [3.63, 3.8) is 0 Å². The van der Waals surface area contributed by atoms with E-state index in [1.807, 2.05) is 37.3 Å². The normalized spacial score (nSPS) is 10.3. The second kappa shape index (κ2) is 7.84. The van der Waals surface area contributed by atoms with Gasteiger partial charge in [0.25, 0.3) is 0 Å². The summed E-state index contributed by atoms with van der Waals surface area (Å²) in [6.07, 6.45) is 0. The van der Waals surface area contributed by atoms with Crippen LogP contribution in [0.1, 0.15) is 16.1 Å². The quantitative estimate of drug-likeness (QED) is 0.635. The van der Waals surface area contributed by atoms with Gasteiger partial charge in [0.2, 0.25) is 5.95 Å². The van der Waals surface area contributed by atoms with E-state index in [1.54, 1.807) is 24.3 Å². The number of rotatable bonds is 5. The molecule has 0 bridgehead atoms. The lowest BCUT2D eigenvalue weighted by atomic mass is 10.2. The second-order valence-electron chi connectivity index (χ2n) is 5.55. The molecule has 7 heteroatoms. The Hall–Kier alpha value is -3.12. The number of ether oxygens (including phenoxy) is 1. The van der Waals surface area contributed by atoms with Gasteiger partial charge in [0, 0.05) is 28.2 Å². The van der Waals surface area contributed by atoms with E-state index in [9.17, 15) is 4.79 Å². The number of nitrogens with one attached hydrogen (secondary N) is 2. The highest BCUT2D eigenvalue weighted by Gasteiger charge is 2.08. The zero-order valence-corrected chi connectivity index (χ0v) is 15.0. The number of halogens is 1. The van der Waals surface area contributed by atoms with Crippen LogP contribution in [0.5, 0.6) is 0 Å². The highest BCUT2D eigenvalue weighted by Crippen LogP contribution is 2.22. The minimum absolute atomic E-state index is 0.401. The van der Waals surface area contributed by atoms with Gasteiger partial charge in [0.1, 0.15) is 5.82 Å². The predicted molar refractivity (Wildman–Crippen MR) is 103 cm³/mol. The second-order valence-corrected chi connectivity index (χ2v) is 5.99. The summed E-state index contributed by atoms with van der Waals surface area (Å²) in [5.74, 6) is 0.644. The van der Waals surface area contributed by atoms with E-state index in [4.69, 9.17) is 16.3 Å². The number of carbonyl (C=O) groups excluding carboxylic acids is 1. The van der Waals surface area contributed by atoms with Crippen molar-refractivity contribution < 1.29 is 9.53 Å². The average molecular weight is 369 g/mol. The summed E-state index contributed by atoms with van der Waals surface area (Å²) in [7, 11) is 1.35. The van der Waals surface area contributed by atoms with E-state index in [-0.39, 0.29) is 0 Å². The van der Waals surface area contributed by atoms with Crippen molar-refractivity contribution in [2.45, 2.75) is 6.92 Å². The van der Waals surface area contributed by atoms with Gasteiger partial charge in [-0.1, -0.05) is 23.7 Å². The Morgan fingerprint density at radius 3 is 2.46 bits per heavy atom. The number of carbonyl (C=O) groups is 1. The molecule has 1 aromatic heterocycles. The number of aryl methyl sites for hydroxylation is 1. The summed E-state index contributed by atoms with van der Waals surface area (Å²) in [4.78, 5) is 20.5. The van der Waals surface area contributed by atoms with E-state index in [0.29, 0.717) is 28.0 Å². The van der Waals surface area contributed by atoms with Crippen LogP contribution in [0.3, 0.4) is 0 Å². The van der Waals surface area contributed by atoms with Crippen LogP contribution in [-0.4, -0.2) is 23.0 Å². The third-order valence-corrected chi connectivity index (χ3v) is 3.73. The number of benzene rings is 2. The molecule has 0 unspecified atom stereocenters. The number of esters is 1. The molecule has 0 spiro atoms. The van der Waals surface area contributed by atoms with Gasteiger partial charge in [-0.2, -0.15) is 4.98 Å². The average Bonchev–Trinajstić information content (AvgIpc) is 2.60. The maximum absolute atomic E-state index is 11.7. The molecule has 2 N–H and O–H groups in total. The van der Waals surface area contributed by atoms with E-state index >= 15 is 0 Å². The van der Waals surface area contributed by atoms with Gasteiger partial charge in [0.05, 0.1) is 12.7 Å². The molecule has 0 fully saturated rings. The first-order chi connectivity index (χ1) is 12.5. The van der Waals surface area contributed by atoms with Crippen molar-refractivity contribution in [2.24, 2.45) is 0 Å². The Labute approximate surface area is 156 Å². The Bertz CT molecular complexity index is 946. The van der Waals surface area contributed by atoms with Crippen LogP contribution in [0.15, 0.2) is 54.6 Å². The largest absolute Gasteiger partial charge is 0.465 e. The summed E-state index contributed by atoms with van der Waals surface area (Å²) in [5.41, 5.74) is 2.75. The molecule has 0 amide bonds. The fourth-order valence-corrected chi connectivity index (χ4v) is 2.56. The third-order valence-electron chi connectivity index (χ3n) is 3.49. The number of hydrogen-bond donors (Lipinski definition) is 2. The lowest BCUT2D eigenvalue weighted by molar-refractivity contribution is 0.0601. The lowest BCUT2D eigenvalue weighted by Gasteiger charge is -2.11. The molecule has 26 heavy (non-hydrogen) atoms. The Kier molecular flexibility index (Phi) is 5.34. The Balaban J connectivity index is 1.83. The van der Waals surface area contributed by atoms with E-state index < -0.39 is 5.97 Å². The fraction of sp³-hybridized carbons (Fsp3) is 0.105. The molecule has 0 aliphatic rings. The monoisotopic (exact) mass is 368 g/mol. The Morgan fingerprint density at radius 2 is 1.73 bits per heavy atom. The van der Waals surface area contributed by atoms with Gasteiger partial charge in [-0.3, -0.25) is 0 Å². The molecular weight excluding hydrogens is 352 g/mol. The van der Waals surface area contributed by atoms with Crippen LogP contribution in [-0.2, 0) is 4.74 Å². The van der Waals surface area contributed by atoms with Crippen molar-refractivity contribution in [1.82, 2.24) is 9.97 Å². The first-order valence-corrected chi connectivity index (χ1v) is 8.25. The first-order valence-electron chi connectivity index (χ1n) is 7.87. The first kappa shape index (κ1) is 17.7. The van der Waals surface area contributed by atoms with Gasteiger partial charge in [-0.25, -0.2) is 9.78 Å². The highest BCUT2D eigenvalue weighted by molar-refractivity contribution is 6.30. The van der Waals surface area contributed by atoms with Crippen LogP contribution in [0.2, 0.25) is 5.02 Å². The van der Waals surface area contributed by atoms with Gasteiger partial charge in [-0.15, -0.1) is 0 Å². The topological polar surface area (TPSA) is 76.1 Å². The molecule has 3 aromatic rings. The van der Waals surface area contributed by atoms with Gasteiger partial charge < -0.3 is 15.4 Å². The molecular formula is C19H17ClN4O2. The minimum Gasteiger partial charge on any atom is -0.465 e. The number of anilines is 4. The van der Waals surface area contributed by atoms with Crippen molar-refractivity contribution >= 4 is 40.7 Å².